The molecule has 200 valence electrons. The Labute approximate surface area is 229 Å². The molecular formula is C30H28N8O2. The van der Waals surface area contributed by atoms with Gasteiger partial charge in [0, 0.05) is 42.6 Å². The van der Waals surface area contributed by atoms with Gasteiger partial charge in [0.2, 0.25) is 0 Å². The van der Waals surface area contributed by atoms with Crippen molar-refractivity contribution in [2.45, 2.75) is 13.3 Å². The minimum atomic E-state index is -0.619. The first-order valence-corrected chi connectivity index (χ1v) is 12.7. The molecule has 1 amide bonds. The van der Waals surface area contributed by atoms with Crippen molar-refractivity contribution in [3.63, 3.8) is 0 Å². The van der Waals surface area contributed by atoms with Crippen molar-refractivity contribution < 1.29 is 4.79 Å². The molecule has 0 aliphatic carbocycles. The van der Waals surface area contributed by atoms with Crippen molar-refractivity contribution >= 4 is 40.3 Å². The molecule has 40 heavy (non-hydrogen) atoms. The second-order valence-electron chi connectivity index (χ2n) is 9.07. The molecule has 0 atom stereocenters. The Morgan fingerprint density at radius 3 is 2.55 bits per heavy atom. The number of pyridine rings is 1. The molecular weight excluding hydrogens is 504 g/mol. The van der Waals surface area contributed by atoms with Crippen molar-refractivity contribution in [2.75, 3.05) is 5.73 Å². The number of hydrogen-bond donors (Lipinski definition) is 2. The summed E-state index contributed by atoms with van der Waals surface area (Å²) in [4.78, 5) is 28.3. The zero-order valence-corrected chi connectivity index (χ0v) is 22.1. The second kappa shape index (κ2) is 11.1. The van der Waals surface area contributed by atoms with Gasteiger partial charge in [-0.15, -0.1) is 5.10 Å². The summed E-state index contributed by atoms with van der Waals surface area (Å²) >= 11 is 0. The Balaban J connectivity index is 0.000000207. The summed E-state index contributed by atoms with van der Waals surface area (Å²) in [6.45, 7) is 2.08. The number of para-hydroxylation sites is 1. The zero-order valence-electron chi connectivity index (χ0n) is 22.1. The van der Waals surface area contributed by atoms with Crippen LogP contribution in [0.5, 0.6) is 0 Å². The van der Waals surface area contributed by atoms with Crippen molar-refractivity contribution in [1.82, 2.24) is 28.9 Å². The predicted molar refractivity (Wildman–Crippen MR) is 157 cm³/mol. The van der Waals surface area contributed by atoms with E-state index in [1.807, 2.05) is 78.5 Å². The van der Waals surface area contributed by atoms with E-state index in [4.69, 9.17) is 11.5 Å². The largest absolute Gasteiger partial charge is 0.381 e. The number of aromatic nitrogens is 6. The molecule has 0 bridgehead atoms. The molecule has 6 aromatic rings. The fourth-order valence-corrected chi connectivity index (χ4v) is 4.55. The van der Waals surface area contributed by atoms with Crippen LogP contribution < -0.4 is 17.0 Å². The molecule has 10 nitrogen and oxygen atoms in total. The van der Waals surface area contributed by atoms with E-state index in [-0.39, 0.29) is 16.9 Å². The number of amides is 1. The van der Waals surface area contributed by atoms with E-state index in [0.29, 0.717) is 5.65 Å². The second-order valence-corrected chi connectivity index (χ2v) is 9.07. The first-order chi connectivity index (χ1) is 19.4. The molecule has 0 saturated heterocycles. The third-order valence-corrected chi connectivity index (χ3v) is 6.38. The van der Waals surface area contributed by atoms with Crippen LogP contribution in [0.1, 0.15) is 34.1 Å². The van der Waals surface area contributed by atoms with Crippen LogP contribution in [0.4, 0.5) is 5.82 Å². The van der Waals surface area contributed by atoms with Crippen LogP contribution in [0.3, 0.4) is 0 Å². The van der Waals surface area contributed by atoms with Crippen LogP contribution in [-0.2, 0) is 13.5 Å². The fourth-order valence-electron chi connectivity index (χ4n) is 4.55. The Morgan fingerprint density at radius 1 is 1.05 bits per heavy atom. The monoisotopic (exact) mass is 532 g/mol. The number of rotatable bonds is 5. The van der Waals surface area contributed by atoms with Gasteiger partial charge in [-0.05, 0) is 41.6 Å². The number of hydrogen-bond acceptors (Lipinski definition) is 6. The first-order valence-electron chi connectivity index (χ1n) is 12.7. The maximum Gasteiger partial charge on any atom is 0.263 e. The number of aryl methyl sites for hydroxylation is 2. The highest BCUT2D eigenvalue weighted by Crippen LogP contribution is 2.21. The number of fused-ring (bicyclic) bond motifs is 2. The number of nitrogens with zero attached hydrogens (tertiary/aromatic N) is 6. The summed E-state index contributed by atoms with van der Waals surface area (Å²) in [5, 5.41) is 9.75. The van der Waals surface area contributed by atoms with E-state index < -0.39 is 5.91 Å². The Morgan fingerprint density at radius 2 is 1.85 bits per heavy atom. The number of nitrogen functional groups attached to an aromatic ring is 1. The normalized spacial score (nSPS) is 11.2. The maximum absolute atomic E-state index is 13.5. The third-order valence-electron chi connectivity index (χ3n) is 6.38. The maximum atomic E-state index is 13.5. The quantitative estimate of drug-likeness (QED) is 0.346. The Kier molecular flexibility index (Phi) is 7.23. The summed E-state index contributed by atoms with van der Waals surface area (Å²) in [6, 6.07) is 19.6. The lowest BCUT2D eigenvalue weighted by molar-refractivity contribution is 0.100. The molecule has 0 unspecified atom stereocenters. The topological polar surface area (TPSA) is 139 Å². The lowest BCUT2D eigenvalue weighted by Gasteiger charge is -2.14. The van der Waals surface area contributed by atoms with Crippen LogP contribution >= 0.6 is 0 Å². The van der Waals surface area contributed by atoms with Gasteiger partial charge in [-0.2, -0.15) is 5.10 Å². The molecule has 0 aliphatic heterocycles. The van der Waals surface area contributed by atoms with Gasteiger partial charge in [0.05, 0.1) is 11.6 Å². The molecule has 0 fully saturated rings. The standard InChI is InChI=1S/C23H21N3O.C7H7N5O/c1-3-20-14-19-9-7-8-18(13-12-17-15-24-25(2)16-17)22(19)23(27)26(20)21-10-5-4-6-11-21;8-5-4(6(9)13)7-10-2-1-3-12(7)11-5/h4-16H,3H2,1-2H3;1-3H,(H2,8,11)(H2,9,13)/b13-12-;. The molecule has 0 aliphatic rings. The number of anilines is 1. The highest BCUT2D eigenvalue weighted by molar-refractivity contribution is 6.03. The minimum absolute atomic E-state index is 0.0157. The van der Waals surface area contributed by atoms with Crippen LogP contribution in [0.25, 0.3) is 34.3 Å². The van der Waals surface area contributed by atoms with E-state index in [1.54, 1.807) is 29.3 Å². The smallest absolute Gasteiger partial charge is 0.263 e. The van der Waals surface area contributed by atoms with E-state index in [9.17, 15) is 9.59 Å². The number of carbonyl (C=O) groups is 1. The predicted octanol–water partition coefficient (Wildman–Crippen LogP) is 3.87. The molecule has 10 heteroatoms. The van der Waals surface area contributed by atoms with Crippen molar-refractivity contribution in [3.8, 4) is 5.69 Å². The van der Waals surface area contributed by atoms with Crippen LogP contribution in [-0.4, -0.2) is 34.9 Å². The van der Waals surface area contributed by atoms with Gasteiger partial charge in [-0.25, -0.2) is 9.50 Å². The number of carbonyl (C=O) groups excluding carboxylic acids is 1. The summed E-state index contributed by atoms with van der Waals surface area (Å²) < 4.78 is 5.00. The zero-order chi connectivity index (χ0) is 28.2. The van der Waals surface area contributed by atoms with E-state index in [1.165, 1.54) is 4.52 Å². The molecule has 2 aromatic carbocycles. The summed E-state index contributed by atoms with van der Waals surface area (Å²) in [7, 11) is 1.89. The van der Waals surface area contributed by atoms with Gasteiger partial charge >= 0.3 is 0 Å². The summed E-state index contributed by atoms with van der Waals surface area (Å²) in [5.74, 6) is -0.516. The highest BCUT2D eigenvalue weighted by Gasteiger charge is 2.15. The lowest BCUT2D eigenvalue weighted by atomic mass is 10.0. The summed E-state index contributed by atoms with van der Waals surface area (Å²) in [5.41, 5.74) is 15.0. The number of primary amides is 1. The molecule has 0 spiro atoms. The van der Waals surface area contributed by atoms with Gasteiger partial charge in [0.1, 0.15) is 5.56 Å². The summed E-state index contributed by atoms with van der Waals surface area (Å²) in [6.07, 6.45) is 11.7. The van der Waals surface area contributed by atoms with Crippen LogP contribution in [0, 0.1) is 0 Å². The molecule has 0 radical (unpaired) electrons. The third kappa shape index (κ3) is 5.10. The van der Waals surface area contributed by atoms with Crippen LogP contribution in [0.15, 0.2) is 90.2 Å². The van der Waals surface area contributed by atoms with E-state index >= 15 is 0 Å². The molecule has 4 aromatic heterocycles. The van der Waals surface area contributed by atoms with Gasteiger partial charge in [-0.1, -0.05) is 55.5 Å². The molecule has 6 rings (SSSR count). The highest BCUT2D eigenvalue weighted by atomic mass is 16.1. The SMILES string of the molecule is CCc1cc2cccc(/C=C\c3cnn(C)c3)c2c(=O)n1-c1ccccc1.NC(=O)c1c(N)nn2cccnc12. The first kappa shape index (κ1) is 26.1. The molecule has 0 saturated carbocycles. The van der Waals surface area contributed by atoms with Gasteiger partial charge in [0.15, 0.2) is 11.5 Å². The average molecular weight is 533 g/mol. The van der Waals surface area contributed by atoms with Crippen molar-refractivity contribution in [2.24, 2.45) is 12.8 Å². The van der Waals surface area contributed by atoms with Crippen molar-refractivity contribution in [1.29, 1.82) is 0 Å². The average Bonchev–Trinajstić information content (AvgIpc) is 3.53. The Hall–Kier alpha value is -5.51. The number of benzene rings is 2. The van der Waals surface area contributed by atoms with Gasteiger partial charge in [-0.3, -0.25) is 18.8 Å². The van der Waals surface area contributed by atoms with Gasteiger partial charge in [0.25, 0.3) is 11.5 Å². The van der Waals surface area contributed by atoms with Gasteiger partial charge < -0.3 is 11.5 Å². The molecule has 4 N–H and O–H groups in total. The van der Waals surface area contributed by atoms with Crippen LogP contribution in [0.2, 0.25) is 0 Å². The van der Waals surface area contributed by atoms with E-state index in [2.05, 4.69) is 28.2 Å². The lowest BCUT2D eigenvalue weighted by Crippen LogP contribution is -2.22. The minimum Gasteiger partial charge on any atom is -0.381 e. The fraction of sp³-hybridized carbons (Fsp3) is 0.100. The number of nitrogens with two attached hydrogens (primary N) is 2. The van der Waals surface area contributed by atoms with E-state index in [0.717, 1.165) is 39.7 Å². The Bertz CT molecular complexity index is 1920. The molecule has 4 heterocycles. The van der Waals surface area contributed by atoms with Crippen molar-refractivity contribution in [3.05, 3.63) is 118 Å².